The molecule has 1 aromatic heterocycles. The third-order valence-electron chi connectivity index (χ3n) is 5.14. The van der Waals surface area contributed by atoms with Gasteiger partial charge in [0.1, 0.15) is 5.69 Å². The second-order valence-electron chi connectivity index (χ2n) is 7.30. The molecule has 4 nitrogen and oxygen atoms in total. The molecular formula is C17H23N3O. The van der Waals surface area contributed by atoms with E-state index in [9.17, 15) is 4.79 Å². The summed E-state index contributed by atoms with van der Waals surface area (Å²) in [6.07, 6.45) is 0. The van der Waals surface area contributed by atoms with Crippen molar-refractivity contribution in [2.75, 3.05) is 0 Å². The number of aromatic nitrogens is 1. The number of hydrogen-bond donors (Lipinski definition) is 3. The Kier molecular flexibility index (Phi) is 2.92. The maximum atomic E-state index is 12.5. The summed E-state index contributed by atoms with van der Waals surface area (Å²) in [5.41, 5.74) is 7.64. The van der Waals surface area contributed by atoms with Crippen LogP contribution in [0.1, 0.15) is 38.2 Å². The van der Waals surface area contributed by atoms with Gasteiger partial charge in [0, 0.05) is 33.8 Å². The van der Waals surface area contributed by atoms with Crippen LogP contribution in [0.15, 0.2) is 30.3 Å². The molecule has 4 heteroatoms. The third kappa shape index (κ3) is 1.97. The fourth-order valence-electron chi connectivity index (χ4n) is 3.96. The largest absolute Gasteiger partial charge is 0.351 e. The number of aromatic amines is 1. The topological polar surface area (TPSA) is 70.9 Å². The lowest BCUT2D eigenvalue weighted by molar-refractivity contribution is -0.0664. The Labute approximate surface area is 125 Å². The minimum absolute atomic E-state index is 0.0655. The number of para-hydroxylation sites is 1. The molecule has 1 aliphatic carbocycles. The van der Waals surface area contributed by atoms with Crippen molar-refractivity contribution in [1.29, 1.82) is 0 Å². The van der Waals surface area contributed by atoms with Crippen molar-refractivity contribution in [2.24, 2.45) is 16.6 Å². The van der Waals surface area contributed by atoms with Gasteiger partial charge in [-0.05, 0) is 12.1 Å². The molecule has 1 aromatic carbocycles. The van der Waals surface area contributed by atoms with E-state index in [1.807, 2.05) is 30.3 Å². The predicted octanol–water partition coefficient (Wildman–Crippen LogP) is 2.66. The van der Waals surface area contributed by atoms with Crippen LogP contribution < -0.4 is 11.1 Å². The van der Waals surface area contributed by atoms with Crippen LogP contribution in [0.5, 0.6) is 0 Å². The van der Waals surface area contributed by atoms with Gasteiger partial charge in [0.05, 0.1) is 0 Å². The molecule has 0 atom stereocenters. The van der Waals surface area contributed by atoms with Gasteiger partial charge in [-0.1, -0.05) is 45.9 Å². The molecule has 0 saturated heterocycles. The van der Waals surface area contributed by atoms with Gasteiger partial charge in [-0.3, -0.25) is 4.79 Å². The molecule has 4 N–H and O–H groups in total. The second kappa shape index (κ2) is 4.34. The van der Waals surface area contributed by atoms with Crippen LogP contribution in [-0.2, 0) is 0 Å². The monoisotopic (exact) mass is 285 g/mol. The molecule has 112 valence electrons. The van der Waals surface area contributed by atoms with E-state index in [0.29, 0.717) is 5.69 Å². The van der Waals surface area contributed by atoms with Crippen LogP contribution in [0.2, 0.25) is 0 Å². The molecule has 0 radical (unpaired) electrons. The molecule has 2 aromatic rings. The van der Waals surface area contributed by atoms with Gasteiger partial charge in [-0.2, -0.15) is 0 Å². The highest BCUT2D eigenvalue weighted by molar-refractivity contribution is 5.98. The minimum atomic E-state index is -0.0921. The molecule has 1 aliphatic rings. The van der Waals surface area contributed by atoms with Crippen molar-refractivity contribution in [3.63, 3.8) is 0 Å². The molecule has 1 amide bonds. The highest BCUT2D eigenvalue weighted by Crippen LogP contribution is 2.52. The van der Waals surface area contributed by atoms with E-state index in [2.05, 4.69) is 38.0 Å². The molecule has 0 aliphatic heterocycles. The normalized spacial score (nSPS) is 26.3. The summed E-state index contributed by atoms with van der Waals surface area (Å²) >= 11 is 0. The lowest BCUT2D eigenvalue weighted by Crippen LogP contribution is -2.76. The summed E-state index contributed by atoms with van der Waals surface area (Å²) in [5.74, 6) is -0.0655. The Bertz CT molecular complexity index is 650. The Hall–Kier alpha value is -1.81. The first-order valence-electron chi connectivity index (χ1n) is 7.39. The number of rotatable bonds is 2. The Morgan fingerprint density at radius 3 is 2.43 bits per heavy atom. The fraction of sp³-hybridized carbons (Fsp3) is 0.471. The first kappa shape index (κ1) is 14.1. The van der Waals surface area contributed by atoms with Gasteiger partial charge in [-0.25, -0.2) is 0 Å². The molecule has 0 bridgehead atoms. The Morgan fingerprint density at radius 2 is 1.81 bits per heavy atom. The number of H-pyrrole nitrogens is 1. The van der Waals surface area contributed by atoms with E-state index in [1.165, 1.54) is 0 Å². The Balaban J connectivity index is 1.83. The number of carbonyl (C=O) groups excluding carboxylic acids is 1. The number of nitrogens with two attached hydrogens (primary N) is 1. The van der Waals surface area contributed by atoms with E-state index in [4.69, 9.17) is 5.73 Å². The van der Waals surface area contributed by atoms with Crippen molar-refractivity contribution in [3.8, 4) is 0 Å². The molecule has 21 heavy (non-hydrogen) atoms. The molecule has 3 rings (SSSR count). The van der Waals surface area contributed by atoms with Gasteiger partial charge in [-0.15, -0.1) is 0 Å². The van der Waals surface area contributed by atoms with E-state index < -0.39 is 0 Å². The van der Waals surface area contributed by atoms with Gasteiger partial charge in [0.15, 0.2) is 0 Å². The summed E-state index contributed by atoms with van der Waals surface area (Å²) in [4.78, 5) is 15.7. The Morgan fingerprint density at radius 1 is 1.19 bits per heavy atom. The van der Waals surface area contributed by atoms with Crippen LogP contribution in [0, 0.1) is 10.8 Å². The van der Waals surface area contributed by atoms with Crippen molar-refractivity contribution in [1.82, 2.24) is 10.3 Å². The summed E-state index contributed by atoms with van der Waals surface area (Å²) in [7, 11) is 0. The van der Waals surface area contributed by atoms with E-state index in [1.54, 1.807) is 0 Å². The van der Waals surface area contributed by atoms with Crippen LogP contribution in [0.4, 0.5) is 0 Å². The average Bonchev–Trinajstić information content (AvgIpc) is 2.87. The van der Waals surface area contributed by atoms with Gasteiger partial charge >= 0.3 is 0 Å². The first-order valence-corrected chi connectivity index (χ1v) is 7.39. The standard InChI is InChI=1S/C17H23N3O/c1-16(2)14(18)17(3,4)15(16)20-13(21)12-9-10-7-5-6-8-11(10)19-12/h5-9,14-15,19H,18H2,1-4H3,(H,20,21). The maximum Gasteiger partial charge on any atom is 0.267 e. The lowest BCUT2D eigenvalue weighted by Gasteiger charge is -2.62. The summed E-state index contributed by atoms with van der Waals surface area (Å²) in [6, 6.07) is 9.93. The van der Waals surface area contributed by atoms with Gasteiger partial charge < -0.3 is 16.0 Å². The van der Waals surface area contributed by atoms with E-state index in [-0.39, 0.29) is 28.8 Å². The zero-order valence-electron chi connectivity index (χ0n) is 13.0. The molecule has 1 heterocycles. The zero-order chi connectivity index (χ0) is 15.4. The van der Waals surface area contributed by atoms with Crippen LogP contribution >= 0.6 is 0 Å². The number of hydrogen-bond acceptors (Lipinski definition) is 2. The first-order chi connectivity index (χ1) is 9.74. The second-order valence-corrected chi connectivity index (χ2v) is 7.30. The highest BCUT2D eigenvalue weighted by atomic mass is 16.2. The quantitative estimate of drug-likeness (QED) is 0.794. The molecule has 0 spiro atoms. The molecule has 1 fully saturated rings. The number of amides is 1. The summed E-state index contributed by atoms with van der Waals surface area (Å²) in [5, 5.41) is 4.20. The number of nitrogens with one attached hydrogen (secondary N) is 2. The highest BCUT2D eigenvalue weighted by Gasteiger charge is 2.60. The van der Waals surface area contributed by atoms with Crippen LogP contribution in [-0.4, -0.2) is 23.0 Å². The average molecular weight is 285 g/mol. The van der Waals surface area contributed by atoms with Crippen LogP contribution in [0.25, 0.3) is 10.9 Å². The lowest BCUT2D eigenvalue weighted by atomic mass is 9.48. The smallest absolute Gasteiger partial charge is 0.267 e. The fourth-order valence-corrected chi connectivity index (χ4v) is 3.96. The number of benzene rings is 1. The zero-order valence-corrected chi connectivity index (χ0v) is 13.0. The summed E-state index contributed by atoms with van der Waals surface area (Å²) in [6.45, 7) is 8.44. The van der Waals surface area contributed by atoms with Crippen molar-refractivity contribution in [3.05, 3.63) is 36.0 Å². The molecular weight excluding hydrogens is 262 g/mol. The van der Waals surface area contributed by atoms with E-state index in [0.717, 1.165) is 10.9 Å². The van der Waals surface area contributed by atoms with Crippen molar-refractivity contribution in [2.45, 2.75) is 39.8 Å². The van der Waals surface area contributed by atoms with E-state index >= 15 is 0 Å². The predicted molar refractivity (Wildman–Crippen MR) is 85.1 cm³/mol. The number of carbonyl (C=O) groups is 1. The third-order valence-corrected chi connectivity index (χ3v) is 5.14. The summed E-state index contributed by atoms with van der Waals surface area (Å²) < 4.78 is 0. The molecule has 0 unspecified atom stereocenters. The van der Waals surface area contributed by atoms with Gasteiger partial charge in [0.2, 0.25) is 0 Å². The molecule has 1 saturated carbocycles. The number of fused-ring (bicyclic) bond motifs is 1. The van der Waals surface area contributed by atoms with Crippen molar-refractivity contribution >= 4 is 16.8 Å². The van der Waals surface area contributed by atoms with Crippen molar-refractivity contribution < 1.29 is 4.79 Å². The minimum Gasteiger partial charge on any atom is -0.351 e. The SMILES string of the molecule is CC1(C)C(N)C(C)(C)C1NC(=O)c1cc2ccccc2[nH]1. The maximum absolute atomic E-state index is 12.5. The van der Waals surface area contributed by atoms with Gasteiger partial charge in [0.25, 0.3) is 5.91 Å². The van der Waals surface area contributed by atoms with Crippen LogP contribution in [0.3, 0.4) is 0 Å².